The monoisotopic (exact) mass is 410 g/mol. The van der Waals surface area contributed by atoms with Crippen LogP contribution >= 0.6 is 22.7 Å². The van der Waals surface area contributed by atoms with Crippen molar-refractivity contribution in [2.24, 2.45) is 0 Å². The molecule has 0 spiro atoms. The van der Waals surface area contributed by atoms with E-state index >= 15 is 0 Å². The zero-order valence-electron chi connectivity index (χ0n) is 14.4. The van der Waals surface area contributed by atoms with Gasteiger partial charge in [-0.15, -0.1) is 22.7 Å². The van der Waals surface area contributed by atoms with E-state index in [1.165, 1.54) is 22.7 Å². The van der Waals surface area contributed by atoms with Crippen molar-refractivity contribution < 1.29 is 19.4 Å². The average molecular weight is 410 g/mol. The fourth-order valence-corrected chi connectivity index (χ4v) is 4.24. The number of anilines is 1. The van der Waals surface area contributed by atoms with Crippen molar-refractivity contribution in [1.29, 1.82) is 0 Å². The number of para-hydroxylation sites is 1. The first kappa shape index (κ1) is 18.1. The first-order valence-corrected chi connectivity index (χ1v) is 9.99. The molecule has 0 aliphatic heterocycles. The summed E-state index contributed by atoms with van der Waals surface area (Å²) in [5, 5.41) is 14.3. The lowest BCUT2D eigenvalue weighted by Crippen LogP contribution is -2.12. The molecule has 4 aromatic rings. The first-order valence-electron chi connectivity index (χ1n) is 8.29. The molecule has 1 amide bonds. The van der Waals surface area contributed by atoms with E-state index in [2.05, 4.69) is 10.3 Å². The Balaban J connectivity index is 1.68. The molecule has 140 valence electrons. The van der Waals surface area contributed by atoms with Crippen molar-refractivity contribution in [2.75, 3.05) is 11.9 Å². The molecular weight excluding hydrogens is 396 g/mol. The number of rotatable bonds is 6. The van der Waals surface area contributed by atoms with Crippen molar-refractivity contribution in [3.05, 3.63) is 64.9 Å². The summed E-state index contributed by atoms with van der Waals surface area (Å²) in [5.74, 6) is -0.958. The summed E-state index contributed by atoms with van der Waals surface area (Å²) in [6.07, 6.45) is 0. The zero-order valence-corrected chi connectivity index (χ0v) is 16.0. The lowest BCUT2D eigenvalue weighted by Gasteiger charge is -2.11. The van der Waals surface area contributed by atoms with Gasteiger partial charge in [0, 0.05) is 11.8 Å². The van der Waals surface area contributed by atoms with E-state index in [0.717, 1.165) is 15.2 Å². The van der Waals surface area contributed by atoms with Gasteiger partial charge < -0.3 is 15.2 Å². The van der Waals surface area contributed by atoms with Crippen molar-refractivity contribution in [1.82, 2.24) is 4.98 Å². The summed E-state index contributed by atoms with van der Waals surface area (Å²) in [6.45, 7) is -0.486. The van der Waals surface area contributed by atoms with Crippen LogP contribution in [0.4, 0.5) is 5.69 Å². The summed E-state index contributed by atoms with van der Waals surface area (Å²) >= 11 is 2.83. The molecule has 0 bridgehead atoms. The Morgan fingerprint density at radius 2 is 1.96 bits per heavy atom. The highest BCUT2D eigenvalue weighted by Gasteiger charge is 2.15. The molecule has 0 fully saturated rings. The number of hydrogen-bond donors (Lipinski definition) is 2. The third kappa shape index (κ3) is 3.88. The number of thiazole rings is 1. The predicted octanol–water partition coefficient (Wildman–Crippen LogP) is 4.74. The summed E-state index contributed by atoms with van der Waals surface area (Å²) in [7, 11) is 0. The highest BCUT2D eigenvalue weighted by Crippen LogP contribution is 2.37. The Hall–Kier alpha value is -3.23. The number of carboxylic acid groups (broad SMARTS) is 1. The number of ether oxygens (including phenoxy) is 1. The van der Waals surface area contributed by atoms with Crippen LogP contribution < -0.4 is 10.1 Å². The van der Waals surface area contributed by atoms with Crippen LogP contribution in [0.3, 0.4) is 0 Å². The number of carboxylic acids is 1. The molecule has 0 atom stereocenters. The lowest BCUT2D eigenvalue weighted by molar-refractivity contribution is -0.139. The zero-order chi connectivity index (χ0) is 19.5. The van der Waals surface area contributed by atoms with E-state index in [-0.39, 0.29) is 5.91 Å². The molecule has 2 aromatic carbocycles. The van der Waals surface area contributed by atoms with Gasteiger partial charge in [-0.3, -0.25) is 4.79 Å². The average Bonchev–Trinajstić information content (AvgIpc) is 3.36. The fourth-order valence-electron chi connectivity index (χ4n) is 2.62. The molecule has 0 radical (unpaired) electrons. The summed E-state index contributed by atoms with van der Waals surface area (Å²) in [6, 6.07) is 16.4. The SMILES string of the molecule is O=C(O)COc1cc(NC(=O)c2cccs2)ccc1-c1nc2ccccc2s1. The maximum absolute atomic E-state index is 12.3. The third-order valence-corrected chi connectivity index (χ3v) is 5.80. The number of aliphatic carboxylic acids is 1. The van der Waals surface area contributed by atoms with Gasteiger partial charge in [0.25, 0.3) is 5.91 Å². The maximum Gasteiger partial charge on any atom is 0.341 e. The first-order chi connectivity index (χ1) is 13.6. The molecule has 6 nitrogen and oxygen atoms in total. The molecule has 2 aromatic heterocycles. The minimum Gasteiger partial charge on any atom is -0.481 e. The number of amides is 1. The minimum atomic E-state index is -1.08. The number of fused-ring (bicyclic) bond motifs is 1. The van der Waals surface area contributed by atoms with Crippen LogP contribution in [0.1, 0.15) is 9.67 Å². The number of benzene rings is 2. The van der Waals surface area contributed by atoms with Gasteiger partial charge in [-0.1, -0.05) is 18.2 Å². The number of thiophene rings is 1. The van der Waals surface area contributed by atoms with E-state index in [1.54, 1.807) is 30.3 Å². The molecule has 2 heterocycles. The Bertz CT molecular complexity index is 1120. The fraction of sp³-hybridized carbons (Fsp3) is 0.0500. The minimum absolute atomic E-state index is 0.230. The van der Waals surface area contributed by atoms with Gasteiger partial charge >= 0.3 is 5.97 Å². The van der Waals surface area contributed by atoms with Gasteiger partial charge in [-0.05, 0) is 35.7 Å². The van der Waals surface area contributed by atoms with Crippen LogP contribution in [0.15, 0.2) is 60.0 Å². The van der Waals surface area contributed by atoms with Gasteiger partial charge in [0.1, 0.15) is 10.8 Å². The second kappa shape index (κ2) is 7.79. The summed E-state index contributed by atoms with van der Waals surface area (Å²) in [5.41, 5.74) is 2.06. The van der Waals surface area contributed by atoms with Gasteiger partial charge in [0.2, 0.25) is 0 Å². The number of carbonyl (C=O) groups excluding carboxylic acids is 1. The topological polar surface area (TPSA) is 88.5 Å². The van der Waals surface area contributed by atoms with Crippen LogP contribution in [-0.2, 0) is 4.79 Å². The smallest absolute Gasteiger partial charge is 0.341 e. The van der Waals surface area contributed by atoms with Crippen molar-refractivity contribution in [3.8, 4) is 16.3 Å². The molecule has 0 saturated carbocycles. The van der Waals surface area contributed by atoms with Crippen LogP contribution in [-0.4, -0.2) is 28.6 Å². The van der Waals surface area contributed by atoms with Crippen LogP contribution in [0.25, 0.3) is 20.8 Å². The number of hydrogen-bond acceptors (Lipinski definition) is 6. The molecule has 0 aliphatic rings. The number of carbonyl (C=O) groups is 2. The van der Waals surface area contributed by atoms with Gasteiger partial charge in [-0.25, -0.2) is 9.78 Å². The van der Waals surface area contributed by atoms with Crippen molar-refractivity contribution in [2.45, 2.75) is 0 Å². The third-order valence-electron chi connectivity index (χ3n) is 3.86. The quantitative estimate of drug-likeness (QED) is 0.479. The number of nitrogens with zero attached hydrogens (tertiary/aromatic N) is 1. The summed E-state index contributed by atoms with van der Waals surface area (Å²) in [4.78, 5) is 28.4. The molecule has 0 unspecified atom stereocenters. The highest BCUT2D eigenvalue weighted by molar-refractivity contribution is 7.21. The van der Waals surface area contributed by atoms with Gasteiger partial charge in [0.15, 0.2) is 6.61 Å². The van der Waals surface area contributed by atoms with Crippen LogP contribution in [0, 0.1) is 0 Å². The van der Waals surface area contributed by atoms with E-state index in [0.29, 0.717) is 21.9 Å². The molecule has 4 rings (SSSR count). The highest BCUT2D eigenvalue weighted by atomic mass is 32.1. The largest absolute Gasteiger partial charge is 0.481 e. The van der Waals surface area contributed by atoms with Crippen molar-refractivity contribution in [3.63, 3.8) is 0 Å². The molecular formula is C20H14N2O4S2. The second-order valence-corrected chi connectivity index (χ2v) is 7.79. The Morgan fingerprint density at radius 3 is 2.71 bits per heavy atom. The Labute approximate surface area is 168 Å². The standard InChI is InChI=1S/C20H14N2O4S2/c23-18(24)11-26-15-10-12(21-19(25)17-6-3-9-27-17)7-8-13(15)20-22-14-4-1-2-5-16(14)28-20/h1-10H,11H2,(H,21,25)(H,23,24). The molecule has 0 saturated heterocycles. The normalized spacial score (nSPS) is 10.7. The predicted molar refractivity (Wildman–Crippen MR) is 110 cm³/mol. The lowest BCUT2D eigenvalue weighted by atomic mass is 10.2. The van der Waals surface area contributed by atoms with Gasteiger partial charge in [-0.2, -0.15) is 0 Å². The van der Waals surface area contributed by atoms with Gasteiger partial charge in [0.05, 0.1) is 20.7 Å². The molecule has 2 N–H and O–H groups in total. The van der Waals surface area contributed by atoms with E-state index < -0.39 is 12.6 Å². The van der Waals surface area contributed by atoms with Crippen LogP contribution in [0.5, 0.6) is 5.75 Å². The van der Waals surface area contributed by atoms with Crippen LogP contribution in [0.2, 0.25) is 0 Å². The second-order valence-electron chi connectivity index (χ2n) is 5.81. The van der Waals surface area contributed by atoms with E-state index in [4.69, 9.17) is 9.84 Å². The summed E-state index contributed by atoms with van der Waals surface area (Å²) < 4.78 is 6.51. The molecule has 0 aliphatic carbocycles. The maximum atomic E-state index is 12.3. The molecule has 28 heavy (non-hydrogen) atoms. The van der Waals surface area contributed by atoms with E-state index in [1.807, 2.05) is 29.6 Å². The van der Waals surface area contributed by atoms with E-state index in [9.17, 15) is 9.59 Å². The number of nitrogens with one attached hydrogen (secondary N) is 1. The molecule has 8 heteroatoms. The number of aromatic nitrogens is 1. The van der Waals surface area contributed by atoms with Crippen molar-refractivity contribution >= 4 is 50.5 Å². The Kier molecular flexibility index (Phi) is 5.05. The Morgan fingerprint density at radius 1 is 1.11 bits per heavy atom.